The second kappa shape index (κ2) is 9.45. The van der Waals surface area contributed by atoms with Gasteiger partial charge in [-0.15, -0.1) is 0 Å². The fraction of sp³-hybridized carbons (Fsp3) is 0.357. The van der Waals surface area contributed by atoms with Gasteiger partial charge in [-0.3, -0.25) is 9.59 Å². The van der Waals surface area contributed by atoms with Crippen molar-refractivity contribution in [2.24, 2.45) is 11.3 Å². The lowest BCUT2D eigenvalue weighted by molar-refractivity contribution is -0.147. The molecule has 0 saturated carbocycles. The topological polar surface area (TPSA) is 64.6 Å². The first kappa shape index (κ1) is 23.7. The smallest absolute Gasteiger partial charge is 0.315 e. The molecule has 6 heteroatoms. The number of benzene rings is 2. The van der Waals surface area contributed by atoms with E-state index in [1.807, 2.05) is 24.3 Å². The normalized spacial score (nSPS) is 21.5. The zero-order valence-corrected chi connectivity index (χ0v) is 19.8. The third-order valence-electron chi connectivity index (χ3n) is 6.35. The van der Waals surface area contributed by atoms with Crippen LogP contribution in [0.3, 0.4) is 0 Å². The van der Waals surface area contributed by atoms with Crippen LogP contribution in [0.5, 0.6) is 5.75 Å². The molecule has 1 heterocycles. The highest BCUT2D eigenvalue weighted by atomic mass is 19.1. The van der Waals surface area contributed by atoms with Crippen molar-refractivity contribution in [3.8, 4) is 5.75 Å². The van der Waals surface area contributed by atoms with Crippen molar-refractivity contribution in [3.63, 3.8) is 0 Å². The van der Waals surface area contributed by atoms with Gasteiger partial charge in [-0.05, 0) is 54.2 Å². The number of carbonyl (C=O) groups is 2. The third-order valence-corrected chi connectivity index (χ3v) is 6.35. The van der Waals surface area contributed by atoms with E-state index in [4.69, 9.17) is 9.47 Å². The minimum Gasteiger partial charge on any atom is -0.489 e. The monoisotopic (exact) mass is 463 g/mol. The first-order chi connectivity index (χ1) is 16.2. The zero-order chi connectivity index (χ0) is 24.5. The Morgan fingerprint density at radius 2 is 1.79 bits per heavy atom. The molecule has 2 aromatic carbocycles. The highest BCUT2D eigenvalue weighted by Gasteiger charge is 2.46. The van der Waals surface area contributed by atoms with Gasteiger partial charge in [-0.2, -0.15) is 0 Å². The van der Waals surface area contributed by atoms with Crippen LogP contribution in [0.4, 0.5) is 4.39 Å². The second-order valence-electron chi connectivity index (χ2n) is 9.67. The predicted molar refractivity (Wildman–Crippen MR) is 127 cm³/mol. The van der Waals surface area contributed by atoms with Crippen LogP contribution in [0.1, 0.15) is 50.7 Å². The Morgan fingerprint density at radius 3 is 2.44 bits per heavy atom. The van der Waals surface area contributed by atoms with E-state index < -0.39 is 17.8 Å². The molecule has 0 amide bonds. The summed E-state index contributed by atoms with van der Waals surface area (Å²) in [5.41, 5.74) is 3.55. The van der Waals surface area contributed by atoms with Crippen LogP contribution in [0.15, 0.2) is 72.1 Å². The number of Topliss-reactive ketones (excluding diaryl/α,β-unsaturated/α-hetero) is 1. The molecule has 0 saturated heterocycles. The molecule has 0 spiro atoms. The minimum atomic E-state index is -0.699. The summed E-state index contributed by atoms with van der Waals surface area (Å²) in [6.07, 6.45) is 1.13. The Bertz CT molecular complexity index is 1130. The SMILES string of the molecule is C=C1NC2=C(C(=O)CC(C)(C)C2)C(c2ccc(OCc3ccc(F)cc3)cc2)C1C(=O)OCC. The molecule has 0 fully saturated rings. The van der Waals surface area contributed by atoms with E-state index in [1.165, 1.54) is 12.1 Å². The maximum Gasteiger partial charge on any atom is 0.315 e. The number of rotatable bonds is 6. The van der Waals surface area contributed by atoms with Gasteiger partial charge in [0.1, 0.15) is 24.1 Å². The highest BCUT2D eigenvalue weighted by Crippen LogP contribution is 2.48. The van der Waals surface area contributed by atoms with Gasteiger partial charge < -0.3 is 14.8 Å². The Kier molecular flexibility index (Phi) is 6.60. The van der Waals surface area contributed by atoms with Crippen molar-refractivity contribution in [2.75, 3.05) is 6.61 Å². The molecule has 4 rings (SSSR count). The van der Waals surface area contributed by atoms with Gasteiger partial charge in [0.25, 0.3) is 0 Å². The molecule has 1 N–H and O–H groups in total. The molecule has 0 aromatic heterocycles. The van der Waals surface area contributed by atoms with E-state index in [0.717, 1.165) is 16.8 Å². The fourth-order valence-corrected chi connectivity index (χ4v) is 4.83. The molecular weight excluding hydrogens is 433 g/mol. The standard InChI is InChI=1S/C28H30FNO4/c1-5-33-27(32)24-17(2)30-22-14-28(3,4)15-23(31)26(22)25(24)19-8-12-21(13-9-19)34-16-18-6-10-20(29)11-7-18/h6-13,24-25,30H,2,5,14-16H2,1,3-4H3. The summed E-state index contributed by atoms with van der Waals surface area (Å²) in [4.78, 5) is 26.2. The van der Waals surface area contributed by atoms with Crippen LogP contribution in [0.25, 0.3) is 0 Å². The molecule has 34 heavy (non-hydrogen) atoms. The molecule has 2 unspecified atom stereocenters. The van der Waals surface area contributed by atoms with Gasteiger partial charge in [0.15, 0.2) is 5.78 Å². The average Bonchev–Trinajstić information content (AvgIpc) is 2.77. The maximum atomic E-state index is 13.3. The largest absolute Gasteiger partial charge is 0.489 e. The van der Waals surface area contributed by atoms with Crippen molar-refractivity contribution < 1.29 is 23.5 Å². The van der Waals surface area contributed by atoms with Crippen LogP contribution in [-0.4, -0.2) is 18.4 Å². The zero-order valence-electron chi connectivity index (χ0n) is 19.8. The van der Waals surface area contributed by atoms with E-state index in [1.54, 1.807) is 19.1 Å². The summed E-state index contributed by atoms with van der Waals surface area (Å²) in [6, 6.07) is 13.6. The number of ether oxygens (including phenoxy) is 2. The van der Waals surface area contributed by atoms with E-state index in [0.29, 0.717) is 36.5 Å². The molecule has 2 aliphatic rings. The highest BCUT2D eigenvalue weighted by molar-refractivity contribution is 6.00. The van der Waals surface area contributed by atoms with Crippen molar-refractivity contribution in [3.05, 3.63) is 89.0 Å². The average molecular weight is 464 g/mol. The molecule has 0 bridgehead atoms. The van der Waals surface area contributed by atoms with Gasteiger partial charge >= 0.3 is 5.97 Å². The Labute approximate surface area is 199 Å². The lowest BCUT2D eigenvalue weighted by Gasteiger charge is -2.42. The Morgan fingerprint density at radius 1 is 1.12 bits per heavy atom. The predicted octanol–water partition coefficient (Wildman–Crippen LogP) is 5.43. The molecule has 2 aromatic rings. The number of esters is 1. The summed E-state index contributed by atoms with van der Waals surface area (Å²) in [6.45, 7) is 10.6. The van der Waals surface area contributed by atoms with E-state index in [-0.39, 0.29) is 23.6 Å². The number of carbonyl (C=O) groups excluding carboxylic acids is 2. The van der Waals surface area contributed by atoms with Gasteiger partial charge in [-0.1, -0.05) is 44.7 Å². The number of hydrogen-bond acceptors (Lipinski definition) is 5. The first-order valence-electron chi connectivity index (χ1n) is 11.5. The van der Waals surface area contributed by atoms with Crippen LogP contribution < -0.4 is 10.1 Å². The number of hydrogen-bond donors (Lipinski definition) is 1. The molecule has 0 radical (unpaired) electrons. The van der Waals surface area contributed by atoms with Gasteiger partial charge in [0.05, 0.1) is 6.61 Å². The summed E-state index contributed by atoms with van der Waals surface area (Å²) in [5.74, 6) is -1.18. The molecule has 2 atom stereocenters. The van der Waals surface area contributed by atoms with Crippen LogP contribution in [0.2, 0.25) is 0 Å². The van der Waals surface area contributed by atoms with Gasteiger partial charge in [0, 0.05) is 29.3 Å². The second-order valence-corrected chi connectivity index (χ2v) is 9.67. The maximum absolute atomic E-state index is 13.3. The van der Waals surface area contributed by atoms with Crippen LogP contribution >= 0.6 is 0 Å². The van der Waals surface area contributed by atoms with Gasteiger partial charge in [0.2, 0.25) is 0 Å². The summed E-state index contributed by atoms with van der Waals surface area (Å²) >= 11 is 0. The van der Waals surface area contributed by atoms with E-state index in [9.17, 15) is 14.0 Å². The lowest BCUT2D eigenvalue weighted by atomic mass is 9.66. The fourth-order valence-electron chi connectivity index (χ4n) is 4.83. The van der Waals surface area contributed by atoms with E-state index >= 15 is 0 Å². The Balaban J connectivity index is 1.65. The molecule has 1 aliphatic carbocycles. The lowest BCUT2D eigenvalue weighted by Crippen LogP contribution is -2.43. The summed E-state index contributed by atoms with van der Waals surface area (Å²) in [5, 5.41) is 3.26. The number of allylic oxidation sites excluding steroid dienone is 2. The molecular formula is C28H30FNO4. The quantitative estimate of drug-likeness (QED) is 0.579. The van der Waals surface area contributed by atoms with E-state index in [2.05, 4.69) is 25.7 Å². The number of ketones is 1. The number of nitrogens with one attached hydrogen (secondary N) is 1. The summed E-state index contributed by atoms with van der Waals surface area (Å²) in [7, 11) is 0. The van der Waals surface area contributed by atoms with Gasteiger partial charge in [-0.25, -0.2) is 4.39 Å². The molecule has 1 aliphatic heterocycles. The van der Waals surface area contributed by atoms with Crippen molar-refractivity contribution >= 4 is 11.8 Å². The third kappa shape index (κ3) is 4.91. The van der Waals surface area contributed by atoms with Crippen LogP contribution in [0, 0.1) is 17.2 Å². The number of halogens is 1. The van der Waals surface area contributed by atoms with Crippen molar-refractivity contribution in [2.45, 2.75) is 46.1 Å². The summed E-state index contributed by atoms with van der Waals surface area (Å²) < 4.78 is 24.3. The van der Waals surface area contributed by atoms with Crippen molar-refractivity contribution in [1.29, 1.82) is 0 Å². The molecule has 5 nitrogen and oxygen atoms in total. The Hall–Kier alpha value is -3.41. The van der Waals surface area contributed by atoms with Crippen molar-refractivity contribution in [1.82, 2.24) is 5.32 Å². The minimum absolute atomic E-state index is 0.0437. The first-order valence-corrected chi connectivity index (χ1v) is 11.5. The molecule has 178 valence electrons. The van der Waals surface area contributed by atoms with Crippen LogP contribution in [-0.2, 0) is 20.9 Å².